The summed E-state index contributed by atoms with van der Waals surface area (Å²) in [6.07, 6.45) is 3.93. The van der Waals surface area contributed by atoms with Crippen LogP contribution >= 0.6 is 0 Å². The fraction of sp³-hybridized carbons (Fsp3) is 0.375. The minimum absolute atomic E-state index is 0.0737. The second-order valence-electron chi connectivity index (χ2n) is 5.81. The molecule has 0 amide bonds. The van der Waals surface area contributed by atoms with Crippen molar-refractivity contribution in [1.29, 1.82) is 0 Å². The minimum Gasteiger partial charge on any atom is -0.481 e. The average Bonchev–Trinajstić information content (AvgIpc) is 2.75. The number of carbonyl (C=O) groups excluding carboxylic acids is 1. The van der Waals surface area contributed by atoms with Crippen molar-refractivity contribution in [2.45, 2.75) is 38.1 Å². The lowest BCUT2D eigenvalue weighted by molar-refractivity contribution is -0.137. The summed E-state index contributed by atoms with van der Waals surface area (Å²) in [5.41, 5.74) is 4.70. The van der Waals surface area contributed by atoms with Gasteiger partial charge in [-0.2, -0.15) is 0 Å². The summed E-state index contributed by atoms with van der Waals surface area (Å²) in [7, 11) is 0. The number of nitrogens with zero attached hydrogens (tertiary/aromatic N) is 1. The second kappa shape index (κ2) is 4.35. The van der Waals surface area contributed by atoms with E-state index in [1.165, 1.54) is 0 Å². The standard InChI is InChI=1S/C16H16N2O3/c19-14(20)8-13-16(21)9-4-3-6-11-15(9)18(13)12-7-2-1-5-10(12)17-11/h3-4,6,13,17H,1-2,5,7-8H2,(H,19,20). The Labute approximate surface area is 122 Å². The fourth-order valence-electron chi connectivity index (χ4n) is 3.68. The molecule has 0 bridgehead atoms. The number of aliphatic carboxylic acids is 1. The van der Waals surface area contributed by atoms with Gasteiger partial charge in [0.05, 0.1) is 17.8 Å². The Morgan fingerprint density at radius 2 is 2.14 bits per heavy atom. The number of carboxylic acid groups (broad SMARTS) is 1. The van der Waals surface area contributed by atoms with E-state index in [2.05, 4.69) is 5.32 Å². The number of anilines is 2. The van der Waals surface area contributed by atoms with E-state index >= 15 is 0 Å². The van der Waals surface area contributed by atoms with Crippen molar-refractivity contribution in [3.8, 4) is 0 Å². The molecule has 1 aliphatic carbocycles. The van der Waals surface area contributed by atoms with E-state index in [0.717, 1.165) is 48.5 Å². The van der Waals surface area contributed by atoms with Crippen molar-refractivity contribution in [2.75, 3.05) is 10.2 Å². The molecule has 0 radical (unpaired) electrons. The molecule has 0 fully saturated rings. The average molecular weight is 284 g/mol. The fourth-order valence-corrected chi connectivity index (χ4v) is 3.68. The van der Waals surface area contributed by atoms with Crippen LogP contribution in [0.25, 0.3) is 0 Å². The maximum absolute atomic E-state index is 12.6. The smallest absolute Gasteiger partial charge is 0.305 e. The van der Waals surface area contributed by atoms with Crippen LogP contribution in [-0.2, 0) is 4.79 Å². The molecule has 1 aromatic rings. The van der Waals surface area contributed by atoms with Crippen LogP contribution < -0.4 is 10.2 Å². The molecular formula is C16H16N2O3. The number of rotatable bonds is 2. The highest BCUT2D eigenvalue weighted by Gasteiger charge is 2.44. The van der Waals surface area contributed by atoms with E-state index in [-0.39, 0.29) is 12.2 Å². The molecular weight excluding hydrogens is 268 g/mol. The number of benzene rings is 1. The highest BCUT2D eigenvalue weighted by atomic mass is 16.4. The number of hydrogen-bond acceptors (Lipinski definition) is 4. The van der Waals surface area contributed by atoms with Gasteiger partial charge < -0.3 is 15.3 Å². The molecule has 1 unspecified atom stereocenters. The van der Waals surface area contributed by atoms with Crippen molar-refractivity contribution >= 4 is 23.1 Å². The molecule has 0 saturated carbocycles. The third-order valence-electron chi connectivity index (χ3n) is 4.54. The van der Waals surface area contributed by atoms with Crippen LogP contribution in [0.1, 0.15) is 42.5 Å². The third kappa shape index (κ3) is 1.70. The van der Waals surface area contributed by atoms with Crippen LogP contribution in [0.2, 0.25) is 0 Å². The minimum atomic E-state index is -0.931. The zero-order valence-corrected chi connectivity index (χ0v) is 11.6. The monoisotopic (exact) mass is 284 g/mol. The third-order valence-corrected chi connectivity index (χ3v) is 4.54. The predicted octanol–water partition coefficient (Wildman–Crippen LogP) is 2.74. The number of carboxylic acids is 1. The maximum atomic E-state index is 12.6. The van der Waals surface area contributed by atoms with E-state index in [1.54, 1.807) is 6.07 Å². The zero-order chi connectivity index (χ0) is 14.6. The summed E-state index contributed by atoms with van der Waals surface area (Å²) in [6.45, 7) is 0. The first-order valence-electron chi connectivity index (χ1n) is 7.34. The van der Waals surface area contributed by atoms with Gasteiger partial charge in [-0.15, -0.1) is 0 Å². The molecule has 2 aliphatic heterocycles. The number of carbonyl (C=O) groups is 2. The molecule has 2 heterocycles. The molecule has 0 spiro atoms. The normalized spacial score (nSPS) is 22.8. The van der Waals surface area contributed by atoms with Gasteiger partial charge in [-0.1, -0.05) is 6.07 Å². The molecule has 1 aromatic carbocycles. The van der Waals surface area contributed by atoms with E-state index in [9.17, 15) is 9.59 Å². The lowest BCUT2D eigenvalue weighted by Crippen LogP contribution is -2.40. The Bertz CT molecular complexity index is 693. The number of fused-ring (bicyclic) bond motifs is 1. The van der Waals surface area contributed by atoms with Crippen molar-refractivity contribution in [2.24, 2.45) is 0 Å². The first-order valence-corrected chi connectivity index (χ1v) is 7.34. The van der Waals surface area contributed by atoms with Gasteiger partial charge in [0.15, 0.2) is 5.78 Å². The van der Waals surface area contributed by atoms with E-state index in [4.69, 9.17) is 5.11 Å². The van der Waals surface area contributed by atoms with Crippen LogP contribution in [0.3, 0.4) is 0 Å². The number of allylic oxidation sites excluding steroid dienone is 2. The van der Waals surface area contributed by atoms with Crippen LogP contribution in [-0.4, -0.2) is 22.9 Å². The Hall–Kier alpha value is -2.30. The topological polar surface area (TPSA) is 69.6 Å². The number of para-hydroxylation sites is 1. The maximum Gasteiger partial charge on any atom is 0.305 e. The quantitative estimate of drug-likeness (QED) is 0.874. The molecule has 21 heavy (non-hydrogen) atoms. The summed E-state index contributed by atoms with van der Waals surface area (Å²) in [5, 5.41) is 12.6. The van der Waals surface area contributed by atoms with Gasteiger partial charge in [0.2, 0.25) is 0 Å². The predicted molar refractivity (Wildman–Crippen MR) is 78.4 cm³/mol. The molecule has 108 valence electrons. The van der Waals surface area contributed by atoms with Crippen LogP contribution in [0, 0.1) is 0 Å². The Kier molecular flexibility index (Phi) is 2.58. The molecule has 0 aromatic heterocycles. The van der Waals surface area contributed by atoms with Gasteiger partial charge in [0, 0.05) is 17.0 Å². The summed E-state index contributed by atoms with van der Waals surface area (Å²) in [4.78, 5) is 25.8. The van der Waals surface area contributed by atoms with Gasteiger partial charge in [0.1, 0.15) is 6.04 Å². The largest absolute Gasteiger partial charge is 0.481 e. The van der Waals surface area contributed by atoms with Crippen LogP contribution in [0.15, 0.2) is 29.6 Å². The first-order chi connectivity index (χ1) is 10.2. The van der Waals surface area contributed by atoms with Crippen molar-refractivity contribution in [1.82, 2.24) is 0 Å². The number of Topliss-reactive ketones (excluding diaryl/α,β-unsaturated/α-hetero) is 1. The number of hydrogen-bond donors (Lipinski definition) is 2. The summed E-state index contributed by atoms with van der Waals surface area (Å²) in [6, 6.07) is 5.02. The summed E-state index contributed by atoms with van der Waals surface area (Å²) >= 11 is 0. The molecule has 5 nitrogen and oxygen atoms in total. The molecule has 1 atom stereocenters. The van der Waals surface area contributed by atoms with Gasteiger partial charge in [-0.05, 0) is 37.8 Å². The van der Waals surface area contributed by atoms with E-state index < -0.39 is 12.0 Å². The molecule has 5 heteroatoms. The van der Waals surface area contributed by atoms with Crippen molar-refractivity contribution < 1.29 is 14.7 Å². The van der Waals surface area contributed by atoms with E-state index in [0.29, 0.717) is 5.56 Å². The van der Waals surface area contributed by atoms with Crippen molar-refractivity contribution in [3.05, 3.63) is 35.2 Å². The summed E-state index contributed by atoms with van der Waals surface area (Å²) in [5.74, 6) is -1.01. The van der Waals surface area contributed by atoms with Crippen LogP contribution in [0.5, 0.6) is 0 Å². The van der Waals surface area contributed by atoms with Crippen LogP contribution in [0.4, 0.5) is 11.4 Å². The van der Waals surface area contributed by atoms with Gasteiger partial charge in [-0.25, -0.2) is 0 Å². The highest BCUT2D eigenvalue weighted by molar-refractivity contribution is 6.15. The molecule has 0 saturated heterocycles. The first kappa shape index (κ1) is 12.4. The van der Waals surface area contributed by atoms with E-state index in [1.807, 2.05) is 17.0 Å². The second-order valence-corrected chi connectivity index (χ2v) is 5.81. The van der Waals surface area contributed by atoms with Crippen molar-refractivity contribution in [3.63, 3.8) is 0 Å². The highest BCUT2D eigenvalue weighted by Crippen LogP contribution is 2.48. The van der Waals surface area contributed by atoms with Gasteiger partial charge in [-0.3, -0.25) is 9.59 Å². The summed E-state index contributed by atoms with van der Waals surface area (Å²) < 4.78 is 0. The Morgan fingerprint density at radius 1 is 1.33 bits per heavy atom. The molecule has 4 rings (SSSR count). The Balaban J connectivity index is 1.89. The molecule has 3 aliphatic rings. The lowest BCUT2D eigenvalue weighted by atomic mass is 9.96. The number of nitrogens with one attached hydrogen (secondary N) is 1. The SMILES string of the molecule is O=C(O)CC1C(=O)c2cccc3c2N1C1=C(CCCC1)N3. The Morgan fingerprint density at radius 3 is 2.95 bits per heavy atom. The number of ketones is 1. The molecule has 2 N–H and O–H groups in total. The van der Waals surface area contributed by atoms with Gasteiger partial charge >= 0.3 is 5.97 Å². The zero-order valence-electron chi connectivity index (χ0n) is 11.6. The van der Waals surface area contributed by atoms with Gasteiger partial charge in [0.25, 0.3) is 0 Å². The lowest BCUT2D eigenvalue weighted by Gasteiger charge is -2.38.